The van der Waals surface area contributed by atoms with Gasteiger partial charge in [-0.3, -0.25) is 19.7 Å². The fraction of sp³-hybridized carbons (Fsp3) is 0.143. The van der Waals surface area contributed by atoms with Crippen molar-refractivity contribution in [3.05, 3.63) is 97.1 Å². The number of nitrogen functional groups attached to an aromatic ring is 2. The second-order valence-corrected chi connectivity index (χ2v) is 8.84. The number of hydrogen-bond donors (Lipinski definition) is 4. The van der Waals surface area contributed by atoms with Gasteiger partial charge in [0.15, 0.2) is 10.3 Å². The predicted octanol–water partition coefficient (Wildman–Crippen LogP) is 2.66. The molecule has 6 N–H and O–H groups in total. The Kier molecular flexibility index (Phi) is 7.91. The van der Waals surface area contributed by atoms with E-state index in [0.29, 0.717) is 17.1 Å². The molecule has 0 saturated carbocycles. The minimum absolute atomic E-state index is 0.0256. The number of nitro groups is 1. The van der Waals surface area contributed by atoms with Crippen molar-refractivity contribution in [1.29, 1.82) is 0 Å². The zero-order valence-electron chi connectivity index (χ0n) is 17.8. The van der Waals surface area contributed by atoms with Crippen molar-refractivity contribution in [3.63, 3.8) is 0 Å². The Morgan fingerprint density at radius 2 is 1.38 bits per heavy atom. The van der Waals surface area contributed by atoms with Gasteiger partial charge in [-0.15, -0.1) is 13.2 Å². The molecule has 0 spiro atoms. The molecule has 0 saturated heterocycles. The van der Waals surface area contributed by atoms with E-state index in [4.69, 9.17) is 11.5 Å². The van der Waals surface area contributed by atoms with E-state index < -0.39 is 22.0 Å². The van der Waals surface area contributed by atoms with Gasteiger partial charge in [0.2, 0.25) is 0 Å². The summed E-state index contributed by atoms with van der Waals surface area (Å²) >= 11 is 2.45. The summed E-state index contributed by atoms with van der Waals surface area (Å²) in [6, 6.07) is 5.39. The standard InChI is InChI=1S/C21H21N7O4S2/c1-3-9-33-20-24-16(22)14(18(29)26-20)13(11-5-7-12(8-6-11)28(31)32)15-17(23)25-21(27-19(15)30)34-10-4-2/h3-8,13H,1-2,9-10H2,(H3,22,24,26,29)(H3,23,25,27,30). The summed E-state index contributed by atoms with van der Waals surface area (Å²) < 4.78 is 0. The molecule has 0 fully saturated rings. The lowest BCUT2D eigenvalue weighted by Crippen LogP contribution is -2.28. The molecular formula is C21H21N7O4S2. The Labute approximate surface area is 202 Å². The number of thioether (sulfide) groups is 2. The molecule has 176 valence electrons. The number of aromatic amines is 2. The van der Waals surface area contributed by atoms with Crippen LogP contribution < -0.4 is 22.6 Å². The monoisotopic (exact) mass is 499 g/mol. The van der Waals surface area contributed by atoms with E-state index in [2.05, 4.69) is 33.1 Å². The molecule has 1 aromatic carbocycles. The zero-order chi connectivity index (χ0) is 24.8. The number of non-ortho nitro benzene ring substituents is 1. The minimum Gasteiger partial charge on any atom is -0.383 e. The lowest BCUT2D eigenvalue weighted by molar-refractivity contribution is -0.384. The molecule has 2 heterocycles. The van der Waals surface area contributed by atoms with Crippen LogP contribution in [0.5, 0.6) is 0 Å². The summed E-state index contributed by atoms with van der Waals surface area (Å²) in [4.78, 5) is 50.6. The van der Waals surface area contributed by atoms with Gasteiger partial charge in [0.05, 0.1) is 22.0 Å². The lowest BCUT2D eigenvalue weighted by atomic mass is 9.86. The number of rotatable bonds is 10. The van der Waals surface area contributed by atoms with Gasteiger partial charge in [-0.25, -0.2) is 9.97 Å². The number of nitro benzene ring substituents is 1. The molecule has 0 atom stereocenters. The summed E-state index contributed by atoms with van der Waals surface area (Å²) in [7, 11) is 0. The number of benzene rings is 1. The molecule has 0 unspecified atom stereocenters. The van der Waals surface area contributed by atoms with E-state index in [1.54, 1.807) is 12.2 Å². The highest BCUT2D eigenvalue weighted by Crippen LogP contribution is 2.34. The van der Waals surface area contributed by atoms with Crippen LogP contribution >= 0.6 is 23.5 Å². The van der Waals surface area contributed by atoms with Crippen LogP contribution in [0.2, 0.25) is 0 Å². The molecular weight excluding hydrogens is 478 g/mol. The summed E-state index contributed by atoms with van der Waals surface area (Å²) in [6.45, 7) is 7.25. The van der Waals surface area contributed by atoms with Gasteiger partial charge in [0.25, 0.3) is 16.8 Å². The van der Waals surface area contributed by atoms with Gasteiger partial charge in [-0.2, -0.15) is 0 Å². The van der Waals surface area contributed by atoms with Gasteiger partial charge >= 0.3 is 0 Å². The fourth-order valence-corrected chi connectivity index (χ4v) is 4.40. The molecule has 0 aliphatic carbocycles. The van der Waals surface area contributed by atoms with Gasteiger partial charge in [-0.05, 0) is 5.56 Å². The molecule has 3 rings (SSSR count). The molecule has 13 heteroatoms. The van der Waals surface area contributed by atoms with Crippen molar-refractivity contribution in [2.45, 2.75) is 16.2 Å². The third-order valence-electron chi connectivity index (χ3n) is 4.62. The second kappa shape index (κ2) is 10.9. The number of nitrogens with two attached hydrogens (primary N) is 2. The zero-order valence-corrected chi connectivity index (χ0v) is 19.4. The first-order chi connectivity index (χ1) is 16.3. The maximum atomic E-state index is 13.1. The highest BCUT2D eigenvalue weighted by atomic mass is 32.2. The molecule has 34 heavy (non-hydrogen) atoms. The van der Waals surface area contributed by atoms with Crippen LogP contribution in [0.1, 0.15) is 22.6 Å². The van der Waals surface area contributed by atoms with E-state index in [-0.39, 0.29) is 38.8 Å². The smallest absolute Gasteiger partial charge is 0.269 e. The third kappa shape index (κ3) is 5.38. The van der Waals surface area contributed by atoms with Crippen molar-refractivity contribution in [2.75, 3.05) is 23.0 Å². The Hall–Kier alpha value is -3.84. The number of hydrogen-bond acceptors (Lipinski definition) is 10. The fourth-order valence-electron chi connectivity index (χ4n) is 3.19. The van der Waals surface area contributed by atoms with E-state index in [1.807, 2.05) is 0 Å². The van der Waals surface area contributed by atoms with Crippen molar-refractivity contribution in [1.82, 2.24) is 19.9 Å². The number of nitrogens with zero attached hydrogens (tertiary/aromatic N) is 3. The summed E-state index contributed by atoms with van der Waals surface area (Å²) in [5.41, 5.74) is 11.4. The quantitative estimate of drug-likeness (QED) is 0.106. The number of nitrogens with one attached hydrogen (secondary N) is 2. The van der Waals surface area contributed by atoms with Gasteiger partial charge in [0.1, 0.15) is 11.6 Å². The minimum atomic E-state index is -1.08. The lowest BCUT2D eigenvalue weighted by Gasteiger charge is -2.20. The Balaban J connectivity index is 2.24. The van der Waals surface area contributed by atoms with Gasteiger partial charge < -0.3 is 21.4 Å². The average Bonchev–Trinajstić information content (AvgIpc) is 2.79. The molecule has 0 aliphatic rings. The summed E-state index contributed by atoms with van der Waals surface area (Å²) in [5.74, 6) is -0.308. The van der Waals surface area contributed by atoms with Gasteiger partial charge in [0, 0.05) is 23.6 Å². The van der Waals surface area contributed by atoms with Crippen LogP contribution in [0.4, 0.5) is 17.3 Å². The van der Waals surface area contributed by atoms with E-state index >= 15 is 0 Å². The Morgan fingerprint density at radius 1 is 0.941 bits per heavy atom. The topological polar surface area (TPSA) is 187 Å². The Bertz CT molecular complexity index is 1280. The summed E-state index contributed by atoms with van der Waals surface area (Å²) in [5, 5.41) is 11.7. The highest BCUT2D eigenvalue weighted by molar-refractivity contribution is 7.99. The normalized spacial score (nSPS) is 10.9. The first-order valence-corrected chi connectivity index (χ1v) is 11.7. The van der Waals surface area contributed by atoms with Gasteiger partial charge in [-0.1, -0.05) is 47.8 Å². The SMILES string of the molecule is C=CCSc1nc(N)c(C(c2ccc([N+](=O)[O-])cc2)c2c(N)nc(SCC=C)[nH]c2=O)c(=O)[nH]1. The van der Waals surface area contributed by atoms with E-state index in [9.17, 15) is 19.7 Å². The first kappa shape index (κ1) is 24.8. The number of anilines is 2. The predicted molar refractivity (Wildman–Crippen MR) is 134 cm³/mol. The Morgan fingerprint density at radius 3 is 1.74 bits per heavy atom. The van der Waals surface area contributed by atoms with Crippen molar-refractivity contribution < 1.29 is 4.92 Å². The van der Waals surface area contributed by atoms with Crippen LogP contribution in [0.3, 0.4) is 0 Å². The van der Waals surface area contributed by atoms with Crippen LogP contribution in [-0.4, -0.2) is 36.4 Å². The molecule has 3 aromatic rings. The maximum Gasteiger partial charge on any atom is 0.269 e. The maximum absolute atomic E-state index is 13.1. The third-order valence-corrected chi connectivity index (χ3v) is 6.35. The number of aromatic nitrogens is 4. The van der Waals surface area contributed by atoms with E-state index in [0.717, 1.165) is 0 Å². The highest BCUT2D eigenvalue weighted by Gasteiger charge is 2.29. The molecule has 0 radical (unpaired) electrons. The molecule has 0 bridgehead atoms. The largest absolute Gasteiger partial charge is 0.383 e. The molecule has 11 nitrogen and oxygen atoms in total. The molecule has 0 amide bonds. The van der Waals surface area contributed by atoms with Crippen LogP contribution in [0.25, 0.3) is 0 Å². The average molecular weight is 500 g/mol. The van der Waals surface area contributed by atoms with Crippen molar-refractivity contribution >= 4 is 40.8 Å². The summed E-state index contributed by atoms with van der Waals surface area (Å²) in [6.07, 6.45) is 3.29. The molecule has 2 aromatic heterocycles. The van der Waals surface area contributed by atoms with Crippen molar-refractivity contribution in [3.8, 4) is 0 Å². The van der Waals surface area contributed by atoms with Crippen molar-refractivity contribution in [2.24, 2.45) is 0 Å². The first-order valence-electron chi connectivity index (χ1n) is 9.77. The molecule has 0 aliphatic heterocycles. The second-order valence-electron chi connectivity index (χ2n) is 6.82. The van der Waals surface area contributed by atoms with Crippen LogP contribution in [-0.2, 0) is 0 Å². The van der Waals surface area contributed by atoms with Crippen LogP contribution in [0, 0.1) is 10.1 Å². The number of H-pyrrole nitrogens is 2. The van der Waals surface area contributed by atoms with E-state index in [1.165, 1.54) is 47.8 Å². The van der Waals surface area contributed by atoms with Crippen LogP contribution in [0.15, 0.2) is 69.5 Å².